The number of fused-ring (bicyclic) bond motifs is 1. The van der Waals surface area contributed by atoms with Crippen molar-refractivity contribution in [1.82, 2.24) is 9.47 Å². The summed E-state index contributed by atoms with van der Waals surface area (Å²) in [7, 11) is 3.65. The minimum atomic E-state index is -0.962. The second-order valence-electron chi connectivity index (χ2n) is 8.65. The maximum atomic E-state index is 13.3. The maximum Gasteiger partial charge on any atom is 0.123 e. The van der Waals surface area contributed by atoms with Crippen molar-refractivity contribution in [1.29, 1.82) is 0 Å². The van der Waals surface area contributed by atoms with Crippen LogP contribution in [0.1, 0.15) is 42.2 Å². The van der Waals surface area contributed by atoms with E-state index in [0.717, 1.165) is 46.4 Å². The summed E-state index contributed by atoms with van der Waals surface area (Å²) < 4.78 is 20.8. The molecule has 1 fully saturated rings. The zero-order chi connectivity index (χ0) is 22.2. The Balaban J connectivity index is 1.52. The molecule has 31 heavy (non-hydrogen) atoms. The molecule has 0 bridgehead atoms. The molecular weight excluding hydrogens is 395 g/mol. The first kappa shape index (κ1) is 21.8. The Morgan fingerprint density at radius 3 is 2.58 bits per heavy atom. The van der Waals surface area contributed by atoms with Gasteiger partial charge in [-0.1, -0.05) is 12.1 Å². The first-order valence-corrected chi connectivity index (χ1v) is 10.8. The van der Waals surface area contributed by atoms with Gasteiger partial charge in [-0.25, -0.2) is 4.39 Å². The number of rotatable bonds is 5. The molecule has 5 nitrogen and oxygen atoms in total. The lowest BCUT2D eigenvalue weighted by atomic mass is 9.87. The molecule has 3 aromatic rings. The second-order valence-corrected chi connectivity index (χ2v) is 8.65. The average molecular weight is 427 g/mol. The number of halogens is 1. The molecule has 1 saturated heterocycles. The first-order chi connectivity index (χ1) is 14.8. The third kappa shape index (κ3) is 4.20. The molecule has 2 aromatic carbocycles. The average Bonchev–Trinajstić information content (AvgIpc) is 2.88. The molecule has 0 amide bonds. The molecule has 2 N–H and O–H groups in total. The van der Waals surface area contributed by atoms with Crippen molar-refractivity contribution < 1.29 is 19.3 Å². The fourth-order valence-corrected chi connectivity index (χ4v) is 4.87. The quantitative estimate of drug-likeness (QED) is 0.647. The van der Waals surface area contributed by atoms with Crippen molar-refractivity contribution in [2.45, 2.75) is 37.9 Å². The number of aryl methyl sites for hydroxylation is 1. The molecule has 1 aliphatic heterocycles. The number of hydrogen-bond donors (Lipinski definition) is 2. The Labute approximate surface area is 182 Å². The predicted octanol–water partition coefficient (Wildman–Crippen LogP) is 4.04. The maximum absolute atomic E-state index is 13.3. The number of likely N-dealkylation sites (tertiary alicyclic amines) is 1. The summed E-state index contributed by atoms with van der Waals surface area (Å²) >= 11 is 0. The lowest BCUT2D eigenvalue weighted by molar-refractivity contribution is 0.0194. The van der Waals surface area contributed by atoms with Crippen molar-refractivity contribution in [2.24, 2.45) is 7.05 Å². The molecule has 4 rings (SSSR count). The van der Waals surface area contributed by atoms with Crippen molar-refractivity contribution in [3.8, 4) is 5.75 Å². The first-order valence-electron chi connectivity index (χ1n) is 10.8. The Hall–Kier alpha value is -2.41. The number of nitrogens with zero attached hydrogens (tertiary/aromatic N) is 2. The van der Waals surface area contributed by atoms with E-state index in [2.05, 4.69) is 9.47 Å². The number of aliphatic hydroxyl groups excluding tert-OH is 1. The standard InChI is InChI=1S/C25H31FN2O3/c1-17-24(21-15-20(31-3)9-10-22(21)27(17)2)23(29)16-28-13-4-11-25(30,12-14-28)18-5-7-19(26)8-6-18/h5-10,15,23,29-30H,4,11-14,16H2,1-3H3. The van der Waals surface area contributed by atoms with E-state index >= 15 is 0 Å². The molecule has 2 unspecified atom stereocenters. The van der Waals surface area contributed by atoms with E-state index in [0.29, 0.717) is 25.9 Å². The van der Waals surface area contributed by atoms with Crippen molar-refractivity contribution in [3.05, 3.63) is 65.1 Å². The zero-order valence-corrected chi connectivity index (χ0v) is 18.4. The summed E-state index contributed by atoms with van der Waals surface area (Å²) in [5.74, 6) is 0.471. The molecule has 6 heteroatoms. The highest BCUT2D eigenvalue weighted by molar-refractivity contribution is 5.87. The summed E-state index contributed by atoms with van der Waals surface area (Å²) in [6.07, 6.45) is 1.33. The largest absolute Gasteiger partial charge is 0.497 e. The molecule has 0 aliphatic carbocycles. The van der Waals surface area contributed by atoms with Crippen LogP contribution in [0.15, 0.2) is 42.5 Å². The molecule has 2 heterocycles. The van der Waals surface area contributed by atoms with E-state index in [-0.39, 0.29) is 5.82 Å². The van der Waals surface area contributed by atoms with E-state index in [1.807, 2.05) is 32.2 Å². The molecule has 166 valence electrons. The van der Waals surface area contributed by atoms with Gasteiger partial charge in [0.05, 0.1) is 18.8 Å². The van der Waals surface area contributed by atoms with Crippen LogP contribution in [0.5, 0.6) is 5.75 Å². The third-order valence-corrected chi connectivity index (χ3v) is 6.80. The van der Waals surface area contributed by atoms with Gasteiger partial charge in [0.2, 0.25) is 0 Å². The van der Waals surface area contributed by atoms with Gasteiger partial charge in [0, 0.05) is 42.3 Å². The smallest absolute Gasteiger partial charge is 0.123 e. The summed E-state index contributed by atoms with van der Waals surface area (Å²) in [6, 6.07) is 12.1. The van der Waals surface area contributed by atoms with Crippen LogP contribution in [-0.2, 0) is 12.6 Å². The highest BCUT2D eigenvalue weighted by Gasteiger charge is 2.33. The number of hydrogen-bond acceptors (Lipinski definition) is 4. The van der Waals surface area contributed by atoms with Crippen LogP contribution in [0, 0.1) is 12.7 Å². The minimum Gasteiger partial charge on any atom is -0.497 e. The minimum absolute atomic E-state index is 0.298. The Bertz CT molecular complexity index is 1060. The zero-order valence-electron chi connectivity index (χ0n) is 18.4. The summed E-state index contributed by atoms with van der Waals surface area (Å²) in [6.45, 7) is 3.99. The van der Waals surface area contributed by atoms with Gasteiger partial charge >= 0.3 is 0 Å². The van der Waals surface area contributed by atoms with Gasteiger partial charge in [0.15, 0.2) is 0 Å². The number of methoxy groups -OCH3 is 1. The summed E-state index contributed by atoms with van der Waals surface area (Å²) in [4.78, 5) is 2.21. The molecule has 2 atom stereocenters. The SMILES string of the molecule is COc1ccc2c(c1)c(C(O)CN1CCCC(O)(c3ccc(F)cc3)CC1)c(C)n2C. The van der Waals surface area contributed by atoms with Crippen LogP contribution in [0.4, 0.5) is 4.39 Å². The highest BCUT2D eigenvalue weighted by Crippen LogP contribution is 2.35. The van der Waals surface area contributed by atoms with Gasteiger partial charge in [-0.2, -0.15) is 0 Å². The van der Waals surface area contributed by atoms with Crippen molar-refractivity contribution in [3.63, 3.8) is 0 Å². The van der Waals surface area contributed by atoms with Gasteiger partial charge in [0.1, 0.15) is 11.6 Å². The topological polar surface area (TPSA) is 57.9 Å². The number of ether oxygens (including phenoxy) is 1. The lowest BCUT2D eigenvalue weighted by Crippen LogP contribution is -2.32. The lowest BCUT2D eigenvalue weighted by Gasteiger charge is -2.28. The third-order valence-electron chi connectivity index (χ3n) is 6.80. The van der Waals surface area contributed by atoms with Crippen LogP contribution in [-0.4, -0.2) is 46.4 Å². The van der Waals surface area contributed by atoms with Crippen LogP contribution in [0.25, 0.3) is 10.9 Å². The fourth-order valence-electron chi connectivity index (χ4n) is 4.87. The molecular formula is C25H31FN2O3. The van der Waals surface area contributed by atoms with Gasteiger partial charge < -0.3 is 24.4 Å². The normalized spacial score (nSPS) is 21.2. The van der Waals surface area contributed by atoms with Crippen molar-refractivity contribution >= 4 is 10.9 Å². The van der Waals surface area contributed by atoms with Crippen LogP contribution in [0.3, 0.4) is 0 Å². The number of aromatic nitrogens is 1. The number of aliphatic hydroxyl groups is 2. The fraction of sp³-hybridized carbons (Fsp3) is 0.440. The van der Waals surface area contributed by atoms with Gasteiger partial charge in [-0.3, -0.25) is 0 Å². The van der Waals surface area contributed by atoms with E-state index in [1.54, 1.807) is 19.2 Å². The Kier molecular flexibility index (Phi) is 6.06. The molecule has 0 spiro atoms. The summed E-state index contributed by atoms with van der Waals surface area (Å²) in [5, 5.41) is 23.4. The van der Waals surface area contributed by atoms with Gasteiger partial charge in [-0.15, -0.1) is 0 Å². The molecule has 1 aromatic heterocycles. The van der Waals surface area contributed by atoms with Gasteiger partial charge in [0.25, 0.3) is 0 Å². The monoisotopic (exact) mass is 426 g/mol. The second kappa shape index (κ2) is 8.61. The molecule has 0 saturated carbocycles. The Morgan fingerprint density at radius 1 is 1.13 bits per heavy atom. The predicted molar refractivity (Wildman–Crippen MR) is 120 cm³/mol. The van der Waals surface area contributed by atoms with E-state index in [4.69, 9.17) is 4.74 Å². The molecule has 0 radical (unpaired) electrons. The van der Waals surface area contributed by atoms with Crippen LogP contribution >= 0.6 is 0 Å². The van der Waals surface area contributed by atoms with E-state index in [9.17, 15) is 14.6 Å². The van der Waals surface area contributed by atoms with E-state index in [1.165, 1.54) is 12.1 Å². The number of benzene rings is 2. The Morgan fingerprint density at radius 2 is 1.87 bits per heavy atom. The van der Waals surface area contributed by atoms with Crippen LogP contribution < -0.4 is 4.74 Å². The number of β-amino-alcohol motifs (C(OH)–C–C–N with tert-alkyl or cyclic N) is 1. The highest BCUT2D eigenvalue weighted by atomic mass is 19.1. The summed E-state index contributed by atoms with van der Waals surface area (Å²) in [5.41, 5.74) is 2.82. The molecule has 1 aliphatic rings. The van der Waals surface area contributed by atoms with Crippen molar-refractivity contribution in [2.75, 3.05) is 26.7 Å². The van der Waals surface area contributed by atoms with Crippen LogP contribution in [0.2, 0.25) is 0 Å². The van der Waals surface area contributed by atoms with Gasteiger partial charge in [-0.05, 0) is 68.6 Å². The van der Waals surface area contributed by atoms with E-state index < -0.39 is 11.7 Å².